The van der Waals surface area contributed by atoms with Crippen molar-refractivity contribution in [3.63, 3.8) is 0 Å². The summed E-state index contributed by atoms with van der Waals surface area (Å²) in [6.07, 6.45) is 0. The molecule has 0 unspecified atom stereocenters. The third-order valence-corrected chi connectivity index (χ3v) is 3.31. The van der Waals surface area contributed by atoms with Crippen LogP contribution in [0.4, 0.5) is 0 Å². The zero-order chi connectivity index (χ0) is 14.1. The molecule has 0 fully saturated rings. The van der Waals surface area contributed by atoms with Crippen molar-refractivity contribution in [3.05, 3.63) is 65.7 Å². The number of hydrogen-bond acceptors (Lipinski definition) is 2. The minimum atomic E-state index is -0.418. The van der Waals surface area contributed by atoms with E-state index in [4.69, 9.17) is 5.73 Å². The molecule has 0 atom stereocenters. The number of primary amides is 1. The Balaban J connectivity index is 2.07. The maximum absolute atomic E-state index is 11.1. The number of pyridine rings is 1. The standard InChI is InChI=1S/C17H14N2O/c1-11-2-3-13-8-9-15(19-16(13)10-11)12-4-6-14(7-5-12)17(18)20/h2-10H,1H3,(H2,18,20). The highest BCUT2D eigenvalue weighted by Gasteiger charge is 2.04. The van der Waals surface area contributed by atoms with Crippen molar-refractivity contribution in [1.82, 2.24) is 4.98 Å². The molecule has 3 rings (SSSR count). The quantitative estimate of drug-likeness (QED) is 0.770. The number of aryl methyl sites for hydroxylation is 1. The van der Waals surface area contributed by atoms with E-state index < -0.39 is 5.91 Å². The molecule has 1 amide bonds. The maximum atomic E-state index is 11.1. The fourth-order valence-electron chi connectivity index (χ4n) is 2.19. The second-order valence-electron chi connectivity index (χ2n) is 4.83. The summed E-state index contributed by atoms with van der Waals surface area (Å²) >= 11 is 0. The lowest BCUT2D eigenvalue weighted by atomic mass is 10.1. The first-order valence-electron chi connectivity index (χ1n) is 6.41. The zero-order valence-corrected chi connectivity index (χ0v) is 11.1. The molecule has 0 aliphatic carbocycles. The Kier molecular flexibility index (Phi) is 2.95. The topological polar surface area (TPSA) is 56.0 Å². The van der Waals surface area contributed by atoms with Crippen LogP contribution in [0.1, 0.15) is 15.9 Å². The van der Waals surface area contributed by atoms with Crippen LogP contribution in [0.2, 0.25) is 0 Å². The third-order valence-electron chi connectivity index (χ3n) is 3.31. The summed E-state index contributed by atoms with van der Waals surface area (Å²) in [5.74, 6) is -0.418. The number of rotatable bonds is 2. The first kappa shape index (κ1) is 12.4. The van der Waals surface area contributed by atoms with E-state index in [1.165, 1.54) is 5.56 Å². The largest absolute Gasteiger partial charge is 0.366 e. The number of nitrogens with zero attached hydrogens (tertiary/aromatic N) is 1. The molecule has 0 saturated heterocycles. The van der Waals surface area contributed by atoms with Crippen LogP contribution in [-0.2, 0) is 0 Å². The first-order valence-corrected chi connectivity index (χ1v) is 6.41. The highest BCUT2D eigenvalue weighted by molar-refractivity contribution is 5.93. The van der Waals surface area contributed by atoms with Crippen LogP contribution in [0.5, 0.6) is 0 Å². The van der Waals surface area contributed by atoms with Crippen LogP contribution in [0.15, 0.2) is 54.6 Å². The number of hydrogen-bond donors (Lipinski definition) is 1. The predicted molar refractivity (Wildman–Crippen MR) is 80.4 cm³/mol. The molecule has 0 aliphatic rings. The van der Waals surface area contributed by atoms with Crippen LogP contribution in [-0.4, -0.2) is 10.9 Å². The fourth-order valence-corrected chi connectivity index (χ4v) is 2.19. The zero-order valence-electron chi connectivity index (χ0n) is 11.1. The Morgan fingerprint density at radius 2 is 1.70 bits per heavy atom. The van der Waals surface area contributed by atoms with E-state index in [2.05, 4.69) is 36.2 Å². The Labute approximate surface area is 117 Å². The SMILES string of the molecule is Cc1ccc2ccc(-c3ccc(C(N)=O)cc3)nc2c1. The van der Waals surface area contributed by atoms with Gasteiger partial charge in [-0.1, -0.05) is 30.3 Å². The van der Waals surface area contributed by atoms with E-state index in [1.807, 2.05) is 18.2 Å². The predicted octanol–water partition coefficient (Wildman–Crippen LogP) is 3.31. The van der Waals surface area contributed by atoms with Crippen molar-refractivity contribution < 1.29 is 4.79 Å². The molecular weight excluding hydrogens is 248 g/mol. The summed E-state index contributed by atoms with van der Waals surface area (Å²) in [6, 6.07) is 17.4. The second-order valence-corrected chi connectivity index (χ2v) is 4.83. The van der Waals surface area contributed by atoms with Gasteiger partial charge in [0, 0.05) is 16.5 Å². The van der Waals surface area contributed by atoms with Gasteiger partial charge in [-0.2, -0.15) is 0 Å². The molecule has 3 nitrogen and oxygen atoms in total. The summed E-state index contributed by atoms with van der Waals surface area (Å²) in [6.45, 7) is 2.05. The average molecular weight is 262 g/mol. The molecule has 0 bridgehead atoms. The Morgan fingerprint density at radius 3 is 2.40 bits per heavy atom. The monoisotopic (exact) mass is 262 g/mol. The van der Waals surface area contributed by atoms with Crippen LogP contribution in [0.25, 0.3) is 22.2 Å². The molecule has 2 aromatic carbocycles. The van der Waals surface area contributed by atoms with Gasteiger partial charge in [-0.3, -0.25) is 4.79 Å². The van der Waals surface area contributed by atoms with Crippen LogP contribution >= 0.6 is 0 Å². The number of carbonyl (C=O) groups excluding carboxylic acids is 1. The Morgan fingerprint density at radius 1 is 1.00 bits per heavy atom. The van der Waals surface area contributed by atoms with Gasteiger partial charge in [0.25, 0.3) is 0 Å². The molecule has 3 heteroatoms. The van der Waals surface area contributed by atoms with Gasteiger partial charge in [-0.25, -0.2) is 4.98 Å². The number of benzene rings is 2. The van der Waals surface area contributed by atoms with Crippen molar-refractivity contribution in [2.45, 2.75) is 6.92 Å². The van der Waals surface area contributed by atoms with Gasteiger partial charge in [-0.15, -0.1) is 0 Å². The summed E-state index contributed by atoms with van der Waals surface area (Å²) in [4.78, 5) is 15.7. The third kappa shape index (κ3) is 2.26. The minimum absolute atomic E-state index is 0.418. The average Bonchev–Trinajstić information content (AvgIpc) is 2.46. The van der Waals surface area contributed by atoms with Gasteiger partial charge in [0.05, 0.1) is 11.2 Å². The molecule has 98 valence electrons. The number of fused-ring (bicyclic) bond motifs is 1. The van der Waals surface area contributed by atoms with Crippen LogP contribution < -0.4 is 5.73 Å². The molecular formula is C17H14N2O. The van der Waals surface area contributed by atoms with Crippen LogP contribution in [0, 0.1) is 6.92 Å². The number of amides is 1. The molecule has 0 spiro atoms. The Bertz CT molecular complexity index is 792. The van der Waals surface area contributed by atoms with Gasteiger partial charge in [0.15, 0.2) is 0 Å². The molecule has 1 aromatic heterocycles. The summed E-state index contributed by atoms with van der Waals surface area (Å²) in [5.41, 5.74) is 9.76. The second kappa shape index (κ2) is 4.78. The van der Waals surface area contributed by atoms with Gasteiger partial charge in [0.2, 0.25) is 5.91 Å². The van der Waals surface area contributed by atoms with E-state index in [0.29, 0.717) is 5.56 Å². The Hall–Kier alpha value is -2.68. The number of nitrogens with two attached hydrogens (primary N) is 1. The maximum Gasteiger partial charge on any atom is 0.248 e. The highest BCUT2D eigenvalue weighted by atomic mass is 16.1. The van der Waals surface area contributed by atoms with Gasteiger partial charge in [-0.05, 0) is 36.8 Å². The normalized spacial score (nSPS) is 10.7. The van der Waals surface area contributed by atoms with Crippen molar-refractivity contribution in [2.24, 2.45) is 5.73 Å². The smallest absolute Gasteiger partial charge is 0.248 e. The lowest BCUT2D eigenvalue weighted by molar-refractivity contribution is 0.100. The summed E-state index contributed by atoms with van der Waals surface area (Å²) in [5, 5.41) is 1.12. The van der Waals surface area contributed by atoms with E-state index in [1.54, 1.807) is 12.1 Å². The van der Waals surface area contributed by atoms with Crippen molar-refractivity contribution in [3.8, 4) is 11.3 Å². The van der Waals surface area contributed by atoms with Gasteiger partial charge < -0.3 is 5.73 Å². The van der Waals surface area contributed by atoms with E-state index in [0.717, 1.165) is 22.2 Å². The molecule has 0 aliphatic heterocycles. The lowest BCUT2D eigenvalue weighted by Crippen LogP contribution is -2.10. The molecule has 3 aromatic rings. The molecule has 0 radical (unpaired) electrons. The lowest BCUT2D eigenvalue weighted by Gasteiger charge is -2.05. The van der Waals surface area contributed by atoms with E-state index in [9.17, 15) is 4.79 Å². The fraction of sp³-hybridized carbons (Fsp3) is 0.0588. The minimum Gasteiger partial charge on any atom is -0.366 e. The van der Waals surface area contributed by atoms with E-state index in [-0.39, 0.29) is 0 Å². The van der Waals surface area contributed by atoms with Gasteiger partial charge >= 0.3 is 0 Å². The summed E-state index contributed by atoms with van der Waals surface area (Å²) < 4.78 is 0. The van der Waals surface area contributed by atoms with Crippen LogP contribution in [0.3, 0.4) is 0 Å². The van der Waals surface area contributed by atoms with Gasteiger partial charge in [0.1, 0.15) is 0 Å². The van der Waals surface area contributed by atoms with Crippen molar-refractivity contribution in [1.29, 1.82) is 0 Å². The molecule has 20 heavy (non-hydrogen) atoms. The number of aromatic nitrogens is 1. The van der Waals surface area contributed by atoms with E-state index >= 15 is 0 Å². The highest BCUT2D eigenvalue weighted by Crippen LogP contribution is 2.22. The molecule has 0 saturated carbocycles. The van der Waals surface area contributed by atoms with Crippen molar-refractivity contribution in [2.75, 3.05) is 0 Å². The summed E-state index contributed by atoms with van der Waals surface area (Å²) in [7, 11) is 0. The van der Waals surface area contributed by atoms with Crippen molar-refractivity contribution >= 4 is 16.8 Å². The molecule has 1 heterocycles. The number of carbonyl (C=O) groups is 1. The first-order chi connectivity index (χ1) is 9.63. The molecule has 2 N–H and O–H groups in total.